The molecule has 1 fully saturated rings. The largest absolute Gasteiger partial charge is 0.493 e. The van der Waals surface area contributed by atoms with Crippen molar-refractivity contribution < 1.29 is 18.7 Å². The number of benzene rings is 2. The van der Waals surface area contributed by atoms with Crippen LogP contribution in [0.25, 0.3) is 0 Å². The molecular formula is C23H23ClFN3O3S. The van der Waals surface area contributed by atoms with Gasteiger partial charge in [-0.1, -0.05) is 17.7 Å². The Kier molecular flexibility index (Phi) is 7.24. The first-order valence-corrected chi connectivity index (χ1v) is 11.5. The summed E-state index contributed by atoms with van der Waals surface area (Å²) in [4.78, 5) is 21.3. The van der Waals surface area contributed by atoms with Crippen LogP contribution in [0.4, 0.5) is 4.39 Å². The standard InChI is InChI=1S/C23H23ClFN3O3S/c1-30-22-10-16(3-5-21(22)31-13-19-14-32-15-26-19)23(29)28-8-6-27(7-9-28)12-17-2-4-18(25)11-20(17)24/h2-5,10-11,14-15H,6-9,12-13H2,1H3. The van der Waals surface area contributed by atoms with Crippen molar-refractivity contribution in [1.82, 2.24) is 14.8 Å². The van der Waals surface area contributed by atoms with E-state index in [1.807, 2.05) is 10.3 Å². The van der Waals surface area contributed by atoms with Gasteiger partial charge in [-0.2, -0.15) is 0 Å². The van der Waals surface area contributed by atoms with E-state index in [2.05, 4.69) is 9.88 Å². The molecular weight excluding hydrogens is 453 g/mol. The van der Waals surface area contributed by atoms with E-state index in [4.69, 9.17) is 21.1 Å². The summed E-state index contributed by atoms with van der Waals surface area (Å²) in [7, 11) is 1.55. The van der Waals surface area contributed by atoms with Crippen LogP contribution in [0.15, 0.2) is 47.3 Å². The van der Waals surface area contributed by atoms with Crippen LogP contribution in [0.3, 0.4) is 0 Å². The normalized spacial score (nSPS) is 14.4. The second-order valence-electron chi connectivity index (χ2n) is 7.44. The number of carbonyl (C=O) groups is 1. The maximum Gasteiger partial charge on any atom is 0.254 e. The van der Waals surface area contributed by atoms with Crippen molar-refractivity contribution in [2.75, 3.05) is 33.3 Å². The first-order chi connectivity index (χ1) is 15.5. The Balaban J connectivity index is 1.35. The molecule has 0 radical (unpaired) electrons. The summed E-state index contributed by atoms with van der Waals surface area (Å²) in [5.41, 5.74) is 4.03. The van der Waals surface area contributed by atoms with Gasteiger partial charge >= 0.3 is 0 Å². The molecule has 1 aromatic heterocycles. The lowest BCUT2D eigenvalue weighted by atomic mass is 10.1. The number of amides is 1. The topological polar surface area (TPSA) is 54.9 Å². The summed E-state index contributed by atoms with van der Waals surface area (Å²) in [6.07, 6.45) is 0. The van der Waals surface area contributed by atoms with E-state index in [1.54, 1.807) is 36.9 Å². The molecule has 1 amide bonds. The predicted octanol–water partition coefficient (Wildman–Crippen LogP) is 4.48. The van der Waals surface area contributed by atoms with E-state index in [1.165, 1.54) is 23.5 Å². The van der Waals surface area contributed by atoms with Gasteiger partial charge in [0.1, 0.15) is 12.4 Å². The molecule has 0 unspecified atom stereocenters. The molecule has 1 aliphatic rings. The monoisotopic (exact) mass is 475 g/mol. The highest BCUT2D eigenvalue weighted by atomic mass is 35.5. The maximum atomic E-state index is 13.3. The van der Waals surface area contributed by atoms with Crippen LogP contribution in [0.1, 0.15) is 21.6 Å². The Labute approximate surface area is 195 Å². The van der Waals surface area contributed by atoms with E-state index >= 15 is 0 Å². The molecule has 9 heteroatoms. The van der Waals surface area contributed by atoms with Crippen LogP contribution >= 0.6 is 22.9 Å². The molecule has 3 aromatic rings. The van der Waals surface area contributed by atoms with Crippen LogP contribution in [0.2, 0.25) is 5.02 Å². The van der Waals surface area contributed by atoms with Crippen molar-refractivity contribution >= 4 is 28.8 Å². The van der Waals surface area contributed by atoms with Gasteiger partial charge in [-0.25, -0.2) is 9.37 Å². The number of hydrogen-bond acceptors (Lipinski definition) is 6. The third-order valence-corrected chi connectivity index (χ3v) is 6.33. The van der Waals surface area contributed by atoms with E-state index in [0.717, 1.165) is 11.3 Å². The second-order valence-corrected chi connectivity index (χ2v) is 8.56. The molecule has 6 nitrogen and oxygen atoms in total. The molecule has 1 aliphatic heterocycles. The van der Waals surface area contributed by atoms with Crippen LogP contribution < -0.4 is 9.47 Å². The molecule has 1 saturated heterocycles. The third kappa shape index (κ3) is 5.38. The van der Waals surface area contributed by atoms with Gasteiger partial charge in [-0.05, 0) is 35.9 Å². The van der Waals surface area contributed by atoms with Crippen molar-refractivity contribution in [3.05, 3.63) is 74.9 Å². The van der Waals surface area contributed by atoms with Crippen molar-refractivity contribution in [2.24, 2.45) is 0 Å². The zero-order valence-electron chi connectivity index (χ0n) is 17.6. The molecule has 0 aliphatic carbocycles. The van der Waals surface area contributed by atoms with Gasteiger partial charge in [-0.15, -0.1) is 11.3 Å². The first-order valence-electron chi connectivity index (χ1n) is 10.2. The molecule has 4 rings (SSSR count). The molecule has 2 heterocycles. The Bertz CT molecular complexity index is 1070. The van der Waals surface area contributed by atoms with E-state index < -0.39 is 0 Å². The summed E-state index contributed by atoms with van der Waals surface area (Å²) < 4.78 is 24.5. The van der Waals surface area contributed by atoms with Crippen molar-refractivity contribution in [3.63, 3.8) is 0 Å². The predicted molar refractivity (Wildman–Crippen MR) is 122 cm³/mol. The lowest BCUT2D eigenvalue weighted by Gasteiger charge is -2.35. The van der Waals surface area contributed by atoms with Gasteiger partial charge in [0.25, 0.3) is 5.91 Å². The number of methoxy groups -OCH3 is 1. The van der Waals surface area contributed by atoms with Crippen LogP contribution in [0, 0.1) is 5.82 Å². The smallest absolute Gasteiger partial charge is 0.254 e. The van der Waals surface area contributed by atoms with Crippen LogP contribution in [-0.4, -0.2) is 54.0 Å². The average molecular weight is 476 g/mol. The SMILES string of the molecule is COc1cc(C(=O)N2CCN(Cc3ccc(F)cc3Cl)CC2)ccc1OCc1cscn1. The van der Waals surface area contributed by atoms with Gasteiger partial charge in [0.05, 0.1) is 18.3 Å². The van der Waals surface area contributed by atoms with Crippen LogP contribution in [0.5, 0.6) is 11.5 Å². The maximum absolute atomic E-state index is 13.3. The number of rotatable bonds is 7. The number of hydrogen-bond donors (Lipinski definition) is 0. The number of halogens is 2. The fourth-order valence-electron chi connectivity index (χ4n) is 3.56. The summed E-state index contributed by atoms with van der Waals surface area (Å²) in [6.45, 7) is 3.59. The van der Waals surface area contributed by atoms with E-state index in [-0.39, 0.29) is 11.7 Å². The summed E-state index contributed by atoms with van der Waals surface area (Å²) in [5, 5.41) is 2.35. The summed E-state index contributed by atoms with van der Waals surface area (Å²) in [5.74, 6) is 0.687. The number of piperazine rings is 1. The van der Waals surface area contributed by atoms with E-state index in [9.17, 15) is 9.18 Å². The minimum absolute atomic E-state index is 0.0474. The molecule has 0 saturated carbocycles. The molecule has 0 bridgehead atoms. The number of thiazole rings is 1. The third-order valence-electron chi connectivity index (χ3n) is 5.34. The Morgan fingerprint density at radius 2 is 1.97 bits per heavy atom. The second kappa shape index (κ2) is 10.3. The van der Waals surface area contributed by atoms with Gasteiger partial charge in [0.15, 0.2) is 11.5 Å². The lowest BCUT2D eigenvalue weighted by Crippen LogP contribution is -2.48. The van der Waals surface area contributed by atoms with Gasteiger partial charge < -0.3 is 14.4 Å². The van der Waals surface area contributed by atoms with Gasteiger partial charge in [0.2, 0.25) is 0 Å². The zero-order chi connectivity index (χ0) is 22.5. The Morgan fingerprint density at radius 3 is 2.66 bits per heavy atom. The minimum atomic E-state index is -0.343. The number of carbonyl (C=O) groups excluding carboxylic acids is 1. The first kappa shape index (κ1) is 22.5. The highest BCUT2D eigenvalue weighted by Gasteiger charge is 2.23. The molecule has 0 N–H and O–H groups in total. The fourth-order valence-corrected chi connectivity index (χ4v) is 4.33. The molecule has 0 spiro atoms. The molecule has 2 aromatic carbocycles. The van der Waals surface area contributed by atoms with Gasteiger partial charge in [0, 0.05) is 48.7 Å². The zero-order valence-corrected chi connectivity index (χ0v) is 19.2. The number of ether oxygens (including phenoxy) is 2. The molecule has 0 atom stereocenters. The summed E-state index contributed by atoms with van der Waals surface area (Å²) >= 11 is 7.66. The number of aromatic nitrogens is 1. The summed E-state index contributed by atoms with van der Waals surface area (Å²) in [6, 6.07) is 9.67. The molecule has 168 valence electrons. The van der Waals surface area contributed by atoms with Gasteiger partial charge in [-0.3, -0.25) is 9.69 Å². The van der Waals surface area contributed by atoms with Crippen molar-refractivity contribution in [1.29, 1.82) is 0 Å². The number of nitrogens with zero attached hydrogens (tertiary/aromatic N) is 3. The Hall–Kier alpha value is -2.68. The van der Waals surface area contributed by atoms with Crippen molar-refractivity contribution in [2.45, 2.75) is 13.2 Å². The van der Waals surface area contributed by atoms with Crippen molar-refractivity contribution in [3.8, 4) is 11.5 Å². The highest BCUT2D eigenvalue weighted by molar-refractivity contribution is 7.07. The average Bonchev–Trinajstić information content (AvgIpc) is 3.33. The quantitative estimate of drug-likeness (QED) is 0.504. The van der Waals surface area contributed by atoms with E-state index in [0.29, 0.717) is 61.4 Å². The molecule has 32 heavy (non-hydrogen) atoms. The highest BCUT2D eigenvalue weighted by Crippen LogP contribution is 2.29. The van der Waals surface area contributed by atoms with Crippen LogP contribution in [-0.2, 0) is 13.2 Å². The fraction of sp³-hybridized carbons (Fsp3) is 0.304. The lowest BCUT2D eigenvalue weighted by molar-refractivity contribution is 0.0628. The Morgan fingerprint density at radius 1 is 1.16 bits per heavy atom. The minimum Gasteiger partial charge on any atom is -0.493 e.